The van der Waals surface area contributed by atoms with Crippen LogP contribution in [-0.2, 0) is 9.59 Å². The first-order valence-electron chi connectivity index (χ1n) is 10.4. The van der Waals surface area contributed by atoms with E-state index in [1.807, 2.05) is 25.9 Å². The van der Waals surface area contributed by atoms with Crippen molar-refractivity contribution in [2.75, 3.05) is 33.8 Å². The van der Waals surface area contributed by atoms with Crippen LogP contribution in [0.5, 0.6) is 5.75 Å². The normalized spacial score (nSPS) is 17.6. The fraction of sp³-hybridized carbons (Fsp3) is 0.280. The number of hydrogen-bond donors (Lipinski definition) is 1. The third-order valence-electron chi connectivity index (χ3n) is 5.39. The molecule has 174 valence electrons. The lowest BCUT2D eigenvalue weighted by Gasteiger charge is -2.26. The number of likely N-dealkylation sites (N-methyl/N-ethyl adjacent to an activating group) is 1. The summed E-state index contributed by atoms with van der Waals surface area (Å²) in [5.41, 5.74) is 1.78. The number of aliphatic hydroxyl groups excluding tert-OH is 1. The van der Waals surface area contributed by atoms with Gasteiger partial charge >= 0.3 is 0 Å². The molecule has 1 saturated heterocycles. The topological polar surface area (TPSA) is 70.1 Å². The van der Waals surface area contributed by atoms with Crippen molar-refractivity contribution in [2.45, 2.75) is 13.0 Å². The number of ether oxygens (including phenoxy) is 1. The third-order valence-corrected chi connectivity index (χ3v) is 6.13. The Morgan fingerprint density at radius 2 is 1.91 bits per heavy atom. The molecule has 0 aromatic heterocycles. The molecule has 0 aliphatic carbocycles. The van der Waals surface area contributed by atoms with Crippen LogP contribution in [0.15, 0.2) is 54.6 Å². The van der Waals surface area contributed by atoms with Crippen LogP contribution < -0.4 is 4.74 Å². The Bertz CT molecular complexity index is 1130. The van der Waals surface area contributed by atoms with Crippen molar-refractivity contribution in [1.29, 1.82) is 0 Å². The molecule has 1 aliphatic heterocycles. The van der Waals surface area contributed by atoms with Crippen molar-refractivity contribution in [3.8, 4) is 5.75 Å². The number of amides is 1. The molecule has 0 radical (unpaired) electrons. The number of ketones is 1. The summed E-state index contributed by atoms with van der Waals surface area (Å²) in [7, 11) is 3.76. The average molecular weight is 489 g/mol. The van der Waals surface area contributed by atoms with Gasteiger partial charge in [-0.15, -0.1) is 0 Å². The maximum atomic E-state index is 13.1. The molecular weight excluding hydrogens is 463 g/mol. The number of likely N-dealkylation sites (tertiary alicyclic amines) is 1. The molecule has 1 aliphatic rings. The zero-order valence-electron chi connectivity index (χ0n) is 18.8. The lowest BCUT2D eigenvalue weighted by molar-refractivity contribution is -0.140. The minimum absolute atomic E-state index is 0.0105. The van der Waals surface area contributed by atoms with Crippen molar-refractivity contribution in [1.82, 2.24) is 9.80 Å². The highest BCUT2D eigenvalue weighted by atomic mass is 35.5. The molecule has 8 heteroatoms. The highest BCUT2D eigenvalue weighted by molar-refractivity contribution is 6.46. The van der Waals surface area contributed by atoms with E-state index in [4.69, 9.17) is 27.9 Å². The summed E-state index contributed by atoms with van der Waals surface area (Å²) >= 11 is 12.3. The van der Waals surface area contributed by atoms with Crippen LogP contribution in [0.2, 0.25) is 10.0 Å². The molecule has 33 heavy (non-hydrogen) atoms. The number of benzene rings is 2. The van der Waals surface area contributed by atoms with E-state index in [1.165, 1.54) is 4.90 Å². The molecule has 1 fully saturated rings. The number of aliphatic hydroxyl groups is 1. The number of rotatable bonds is 8. The molecule has 0 bridgehead atoms. The van der Waals surface area contributed by atoms with Crippen molar-refractivity contribution < 1.29 is 19.4 Å². The molecule has 1 atom stereocenters. The highest BCUT2D eigenvalue weighted by Crippen LogP contribution is 2.41. The Hall–Kier alpha value is -2.80. The molecule has 2 aromatic rings. The number of nitrogens with zero attached hydrogens (tertiary/aromatic N) is 2. The second-order valence-electron chi connectivity index (χ2n) is 8.05. The predicted molar refractivity (Wildman–Crippen MR) is 131 cm³/mol. The quantitative estimate of drug-likeness (QED) is 0.249. The molecule has 0 spiro atoms. The lowest BCUT2D eigenvalue weighted by atomic mass is 9.94. The van der Waals surface area contributed by atoms with Crippen molar-refractivity contribution in [2.24, 2.45) is 0 Å². The van der Waals surface area contributed by atoms with Gasteiger partial charge in [0.05, 0.1) is 21.7 Å². The molecule has 0 saturated carbocycles. The Kier molecular flexibility index (Phi) is 7.84. The second kappa shape index (κ2) is 10.4. The third kappa shape index (κ3) is 5.24. The number of carbonyl (C=O) groups is 2. The van der Waals surface area contributed by atoms with Gasteiger partial charge in [0.15, 0.2) is 0 Å². The van der Waals surface area contributed by atoms with Gasteiger partial charge in [-0.1, -0.05) is 41.9 Å². The van der Waals surface area contributed by atoms with Crippen LogP contribution in [0.25, 0.3) is 5.76 Å². The zero-order valence-corrected chi connectivity index (χ0v) is 20.3. The van der Waals surface area contributed by atoms with Crippen LogP contribution >= 0.6 is 23.2 Å². The van der Waals surface area contributed by atoms with E-state index in [-0.39, 0.29) is 11.3 Å². The summed E-state index contributed by atoms with van der Waals surface area (Å²) in [6, 6.07) is 9.22. The molecule has 1 N–H and O–H groups in total. The van der Waals surface area contributed by atoms with E-state index in [1.54, 1.807) is 42.5 Å². The van der Waals surface area contributed by atoms with Gasteiger partial charge in [-0.2, -0.15) is 0 Å². The van der Waals surface area contributed by atoms with E-state index in [0.717, 1.165) is 5.56 Å². The Labute approximate surface area is 203 Å². The van der Waals surface area contributed by atoms with Crippen molar-refractivity contribution in [3.05, 3.63) is 81.4 Å². The van der Waals surface area contributed by atoms with Gasteiger partial charge in [0.2, 0.25) is 0 Å². The molecular formula is C25H26Cl2N2O4. The first-order valence-corrected chi connectivity index (χ1v) is 11.1. The van der Waals surface area contributed by atoms with Crippen molar-refractivity contribution >= 4 is 40.7 Å². The number of hydrogen-bond acceptors (Lipinski definition) is 5. The number of halogens is 2. The monoisotopic (exact) mass is 488 g/mol. The lowest BCUT2D eigenvalue weighted by Crippen LogP contribution is -2.35. The van der Waals surface area contributed by atoms with Gasteiger partial charge < -0.3 is 19.6 Å². The largest absolute Gasteiger partial charge is 0.507 e. The first kappa shape index (κ1) is 24.8. The fourth-order valence-corrected chi connectivity index (χ4v) is 4.02. The summed E-state index contributed by atoms with van der Waals surface area (Å²) in [4.78, 5) is 29.4. The molecule has 3 rings (SSSR count). The average Bonchev–Trinajstić information content (AvgIpc) is 3.03. The van der Waals surface area contributed by atoms with Gasteiger partial charge in [-0.3, -0.25) is 9.59 Å². The smallest absolute Gasteiger partial charge is 0.295 e. The molecule has 1 heterocycles. The minimum atomic E-state index is -0.795. The van der Waals surface area contributed by atoms with E-state index in [9.17, 15) is 14.7 Å². The zero-order chi connectivity index (χ0) is 24.3. The maximum absolute atomic E-state index is 13.1. The van der Waals surface area contributed by atoms with E-state index in [0.29, 0.717) is 46.6 Å². The van der Waals surface area contributed by atoms with Gasteiger partial charge in [0.1, 0.15) is 18.1 Å². The highest BCUT2D eigenvalue weighted by Gasteiger charge is 2.46. The second-order valence-corrected chi connectivity index (χ2v) is 8.86. The molecule has 0 unspecified atom stereocenters. The molecule has 1 amide bonds. The summed E-state index contributed by atoms with van der Waals surface area (Å²) in [5, 5.41) is 11.9. The van der Waals surface area contributed by atoms with Crippen molar-refractivity contribution in [3.63, 3.8) is 0 Å². The maximum Gasteiger partial charge on any atom is 0.295 e. The van der Waals surface area contributed by atoms with Gasteiger partial charge in [0, 0.05) is 18.7 Å². The van der Waals surface area contributed by atoms with Crippen LogP contribution in [0.4, 0.5) is 0 Å². The Balaban J connectivity index is 2.13. The van der Waals surface area contributed by atoms with Crippen LogP contribution in [0.3, 0.4) is 0 Å². The summed E-state index contributed by atoms with van der Waals surface area (Å²) < 4.78 is 5.59. The van der Waals surface area contributed by atoms with Crippen LogP contribution in [-0.4, -0.2) is 60.4 Å². The fourth-order valence-electron chi connectivity index (χ4n) is 3.71. The van der Waals surface area contributed by atoms with E-state index < -0.39 is 17.7 Å². The summed E-state index contributed by atoms with van der Waals surface area (Å²) in [6.45, 7) is 6.65. The van der Waals surface area contributed by atoms with Gasteiger partial charge in [-0.05, 0) is 62.5 Å². The SMILES string of the molecule is C=CCOc1ccc(C(O)=C2C(=O)C(=O)N(CCN(C)C)[C@@H]2c2ccc(Cl)c(Cl)c2)cc1C. The minimum Gasteiger partial charge on any atom is -0.507 e. The number of Topliss-reactive ketones (excluding diaryl/α,β-unsaturated/α-hetero) is 1. The Morgan fingerprint density at radius 3 is 2.52 bits per heavy atom. The summed E-state index contributed by atoms with van der Waals surface area (Å²) in [6.07, 6.45) is 1.64. The van der Waals surface area contributed by atoms with E-state index >= 15 is 0 Å². The van der Waals surface area contributed by atoms with Gasteiger partial charge in [0.25, 0.3) is 11.7 Å². The van der Waals surface area contributed by atoms with Gasteiger partial charge in [-0.25, -0.2) is 0 Å². The Morgan fingerprint density at radius 1 is 1.18 bits per heavy atom. The van der Waals surface area contributed by atoms with Crippen LogP contribution in [0.1, 0.15) is 22.7 Å². The number of aryl methyl sites for hydroxylation is 1. The molecule has 2 aromatic carbocycles. The summed E-state index contributed by atoms with van der Waals surface area (Å²) in [5.74, 6) is -1.03. The standard InChI is InChI=1S/C25H26Cl2N2O4/c1-5-12-33-20-9-7-17(13-15(20)2)23(30)21-22(16-6-8-18(26)19(27)14-16)29(11-10-28(3)4)25(32)24(21)31/h5-9,13-14,22,30H,1,10-12H2,2-4H3/t22-/m1/s1. The number of carbonyl (C=O) groups excluding carboxylic acids is 2. The molecule has 6 nitrogen and oxygen atoms in total. The van der Waals surface area contributed by atoms with E-state index in [2.05, 4.69) is 6.58 Å². The van der Waals surface area contributed by atoms with Crippen LogP contribution in [0, 0.1) is 6.92 Å². The predicted octanol–water partition coefficient (Wildman–Crippen LogP) is 4.85. The first-order chi connectivity index (χ1) is 15.6.